The zero-order valence-electron chi connectivity index (χ0n) is 13.3. The molecule has 0 spiro atoms. The van der Waals surface area contributed by atoms with E-state index in [0.717, 1.165) is 10.4 Å². The van der Waals surface area contributed by atoms with Crippen LogP contribution in [0, 0.1) is 5.82 Å². The number of aromatic amines is 1. The van der Waals surface area contributed by atoms with E-state index in [2.05, 4.69) is 9.97 Å². The Bertz CT molecular complexity index is 1140. The lowest BCUT2D eigenvalue weighted by atomic mass is 10.2. The predicted molar refractivity (Wildman–Crippen MR) is 101 cm³/mol. The number of aromatic nitrogens is 2. The molecule has 2 heterocycles. The zero-order valence-corrected chi connectivity index (χ0v) is 14.9. The smallest absolute Gasteiger partial charge is 0.259 e. The molecule has 0 aliphatic carbocycles. The summed E-state index contributed by atoms with van der Waals surface area (Å²) in [4.78, 5) is 21.1. The third-order valence-electron chi connectivity index (χ3n) is 3.77. The van der Waals surface area contributed by atoms with Crippen molar-refractivity contribution in [3.05, 3.63) is 81.6 Å². The first kappa shape index (κ1) is 16.8. The quantitative estimate of drug-likeness (QED) is 0.535. The predicted octanol–water partition coefficient (Wildman–Crippen LogP) is 5.02. The Morgan fingerprint density at radius 2 is 1.96 bits per heavy atom. The minimum atomic E-state index is -0.442. The van der Waals surface area contributed by atoms with Crippen LogP contribution in [0.4, 0.5) is 4.39 Å². The SMILES string of the molecule is O=c1[nH]c(COc2ccc(F)cc2Cl)nc2sc(-c3ccccc3)cc12. The van der Waals surface area contributed by atoms with E-state index < -0.39 is 5.82 Å². The monoisotopic (exact) mass is 386 g/mol. The molecule has 0 amide bonds. The van der Waals surface area contributed by atoms with Crippen LogP contribution in [0.2, 0.25) is 5.02 Å². The molecule has 4 nitrogen and oxygen atoms in total. The largest absolute Gasteiger partial charge is 0.484 e. The van der Waals surface area contributed by atoms with E-state index in [1.165, 1.54) is 29.5 Å². The number of ether oxygens (including phenoxy) is 1. The second-order valence-corrected chi connectivity index (χ2v) is 7.01. The fraction of sp³-hybridized carbons (Fsp3) is 0.0526. The van der Waals surface area contributed by atoms with E-state index in [1.807, 2.05) is 36.4 Å². The van der Waals surface area contributed by atoms with Gasteiger partial charge in [-0.2, -0.15) is 0 Å². The summed E-state index contributed by atoms with van der Waals surface area (Å²) in [6, 6.07) is 15.5. The van der Waals surface area contributed by atoms with Gasteiger partial charge in [0.1, 0.15) is 28.8 Å². The van der Waals surface area contributed by atoms with Crippen LogP contribution in [0.5, 0.6) is 5.75 Å². The number of thiophene rings is 1. The third-order valence-corrected chi connectivity index (χ3v) is 5.14. The molecule has 130 valence electrons. The lowest BCUT2D eigenvalue weighted by Gasteiger charge is -2.07. The van der Waals surface area contributed by atoms with Gasteiger partial charge in [0.2, 0.25) is 0 Å². The highest BCUT2D eigenvalue weighted by atomic mass is 35.5. The van der Waals surface area contributed by atoms with Crippen LogP contribution in [0.25, 0.3) is 20.7 Å². The van der Waals surface area contributed by atoms with Crippen molar-refractivity contribution in [2.45, 2.75) is 6.61 Å². The van der Waals surface area contributed by atoms with Crippen LogP contribution in [-0.4, -0.2) is 9.97 Å². The van der Waals surface area contributed by atoms with Gasteiger partial charge in [0.05, 0.1) is 10.4 Å². The summed E-state index contributed by atoms with van der Waals surface area (Å²) < 4.78 is 18.6. The molecule has 0 atom stereocenters. The molecule has 0 unspecified atom stereocenters. The first-order valence-electron chi connectivity index (χ1n) is 7.76. The number of hydrogen-bond donors (Lipinski definition) is 1. The van der Waals surface area contributed by atoms with Gasteiger partial charge in [-0.25, -0.2) is 9.37 Å². The highest BCUT2D eigenvalue weighted by Gasteiger charge is 2.11. The maximum atomic E-state index is 13.1. The molecule has 0 bridgehead atoms. The Balaban J connectivity index is 1.63. The van der Waals surface area contributed by atoms with Crippen LogP contribution in [-0.2, 0) is 6.61 Å². The molecule has 7 heteroatoms. The second kappa shape index (κ2) is 6.90. The van der Waals surface area contributed by atoms with Crippen molar-refractivity contribution in [1.82, 2.24) is 9.97 Å². The van der Waals surface area contributed by atoms with Crippen molar-refractivity contribution >= 4 is 33.2 Å². The van der Waals surface area contributed by atoms with Crippen LogP contribution in [0.3, 0.4) is 0 Å². The van der Waals surface area contributed by atoms with Crippen LogP contribution < -0.4 is 10.3 Å². The van der Waals surface area contributed by atoms with Gasteiger partial charge in [0, 0.05) is 4.88 Å². The molecule has 2 aromatic heterocycles. The summed E-state index contributed by atoms with van der Waals surface area (Å²) in [5.41, 5.74) is 0.808. The number of nitrogens with one attached hydrogen (secondary N) is 1. The molecule has 0 saturated carbocycles. The minimum absolute atomic E-state index is 0.0229. The molecule has 0 saturated heterocycles. The molecule has 2 aromatic carbocycles. The number of nitrogens with zero attached hydrogens (tertiary/aromatic N) is 1. The fourth-order valence-electron chi connectivity index (χ4n) is 2.53. The van der Waals surface area contributed by atoms with Gasteiger partial charge in [-0.15, -0.1) is 11.3 Å². The summed E-state index contributed by atoms with van der Waals surface area (Å²) >= 11 is 7.38. The Morgan fingerprint density at radius 1 is 1.15 bits per heavy atom. The average Bonchev–Trinajstić information content (AvgIpc) is 3.07. The Labute approximate surface area is 156 Å². The van der Waals surface area contributed by atoms with Crippen molar-refractivity contribution < 1.29 is 9.13 Å². The number of rotatable bonds is 4. The van der Waals surface area contributed by atoms with Crippen molar-refractivity contribution in [3.8, 4) is 16.2 Å². The van der Waals surface area contributed by atoms with E-state index in [9.17, 15) is 9.18 Å². The lowest BCUT2D eigenvalue weighted by Crippen LogP contribution is -2.12. The number of fused-ring (bicyclic) bond motifs is 1. The van der Waals surface area contributed by atoms with Gasteiger partial charge in [0.15, 0.2) is 0 Å². The summed E-state index contributed by atoms with van der Waals surface area (Å²) in [7, 11) is 0. The Kier molecular flexibility index (Phi) is 4.44. The van der Waals surface area contributed by atoms with Gasteiger partial charge in [-0.1, -0.05) is 41.9 Å². The number of halogens is 2. The van der Waals surface area contributed by atoms with E-state index >= 15 is 0 Å². The average molecular weight is 387 g/mol. The van der Waals surface area contributed by atoms with Crippen molar-refractivity contribution in [3.63, 3.8) is 0 Å². The van der Waals surface area contributed by atoms with E-state index in [-0.39, 0.29) is 17.2 Å². The molecule has 0 aliphatic heterocycles. The van der Waals surface area contributed by atoms with E-state index in [0.29, 0.717) is 21.8 Å². The summed E-state index contributed by atoms with van der Waals surface area (Å²) in [5, 5.41) is 0.702. The third kappa shape index (κ3) is 3.34. The maximum Gasteiger partial charge on any atom is 0.259 e. The molecule has 26 heavy (non-hydrogen) atoms. The van der Waals surface area contributed by atoms with Crippen molar-refractivity contribution in [2.75, 3.05) is 0 Å². The topological polar surface area (TPSA) is 55.0 Å². The van der Waals surface area contributed by atoms with Gasteiger partial charge in [-0.05, 0) is 29.8 Å². The molecule has 4 aromatic rings. The van der Waals surface area contributed by atoms with Gasteiger partial charge >= 0.3 is 0 Å². The molecule has 1 N–H and O–H groups in total. The summed E-state index contributed by atoms with van der Waals surface area (Å²) in [6.45, 7) is 0.0229. The fourth-order valence-corrected chi connectivity index (χ4v) is 3.81. The first-order chi connectivity index (χ1) is 12.6. The number of benzene rings is 2. The standard InChI is InChI=1S/C19H12ClFN2O2S/c20-14-8-12(21)6-7-15(14)25-10-17-22-18(24)13-9-16(26-19(13)23-17)11-4-2-1-3-5-11/h1-9H,10H2,(H,22,23,24). The van der Waals surface area contributed by atoms with Crippen LogP contribution in [0.1, 0.15) is 5.82 Å². The Morgan fingerprint density at radius 3 is 2.73 bits per heavy atom. The van der Waals surface area contributed by atoms with Gasteiger partial charge in [0.25, 0.3) is 5.56 Å². The molecule has 0 fully saturated rings. The highest BCUT2D eigenvalue weighted by Crippen LogP contribution is 2.31. The number of hydrogen-bond acceptors (Lipinski definition) is 4. The van der Waals surface area contributed by atoms with Gasteiger partial charge < -0.3 is 9.72 Å². The van der Waals surface area contributed by atoms with E-state index in [1.54, 1.807) is 0 Å². The maximum absolute atomic E-state index is 13.1. The highest BCUT2D eigenvalue weighted by molar-refractivity contribution is 7.21. The van der Waals surface area contributed by atoms with E-state index in [4.69, 9.17) is 16.3 Å². The number of H-pyrrole nitrogens is 1. The van der Waals surface area contributed by atoms with Gasteiger partial charge in [-0.3, -0.25) is 4.79 Å². The Hall–Kier alpha value is -2.70. The summed E-state index contributed by atoms with van der Waals surface area (Å²) in [6.07, 6.45) is 0. The molecule has 0 aliphatic rings. The van der Waals surface area contributed by atoms with Crippen molar-refractivity contribution in [2.24, 2.45) is 0 Å². The van der Waals surface area contributed by atoms with Crippen molar-refractivity contribution in [1.29, 1.82) is 0 Å². The molecule has 4 rings (SSSR count). The molecule has 0 radical (unpaired) electrons. The zero-order chi connectivity index (χ0) is 18.1. The summed E-state index contributed by atoms with van der Waals surface area (Å²) in [5.74, 6) is 0.263. The van der Waals surface area contributed by atoms with Crippen LogP contribution in [0.15, 0.2) is 59.4 Å². The second-order valence-electron chi connectivity index (χ2n) is 5.57. The lowest BCUT2D eigenvalue weighted by molar-refractivity contribution is 0.296. The molecular weight excluding hydrogens is 375 g/mol. The first-order valence-corrected chi connectivity index (χ1v) is 8.95. The van der Waals surface area contributed by atoms with Crippen LogP contribution >= 0.6 is 22.9 Å². The minimum Gasteiger partial charge on any atom is -0.484 e. The molecular formula is C19H12ClFN2O2S. The normalized spacial score (nSPS) is 11.0.